The summed E-state index contributed by atoms with van der Waals surface area (Å²) in [4.78, 5) is 9.95. The standard InChI is InChI=1S/C44H30N4/c1-3-13-29(14-4-1)37-27-31(28-38(46-37)30-15-5-2-6-16-30)47-40-22-12-9-19-35(40)43-42(47)24-23-33-32-17-8-11-21-39(32)48(44(33)43)41-25-26-45-36-20-10-7-18-34(36)41/h1-6,8-17,19-28H,7,18H2. The molecular formula is C44H30N4. The number of nitrogens with zero attached hydrogens (tertiary/aromatic N) is 4. The van der Waals surface area contributed by atoms with Crippen molar-refractivity contribution < 1.29 is 0 Å². The number of allylic oxidation sites excluding steroid dienone is 1. The summed E-state index contributed by atoms with van der Waals surface area (Å²) in [6, 6.07) is 49.9. The Balaban J connectivity index is 1.35. The van der Waals surface area contributed by atoms with Crippen LogP contribution in [0.5, 0.6) is 0 Å². The Morgan fingerprint density at radius 1 is 0.542 bits per heavy atom. The number of pyridine rings is 2. The highest BCUT2D eigenvalue weighted by Gasteiger charge is 2.23. The maximum atomic E-state index is 5.19. The molecule has 4 heterocycles. The predicted molar refractivity (Wildman–Crippen MR) is 199 cm³/mol. The van der Waals surface area contributed by atoms with Gasteiger partial charge in [0.05, 0.1) is 50.5 Å². The molecule has 0 aliphatic heterocycles. The Labute approximate surface area is 277 Å². The second kappa shape index (κ2) is 10.6. The van der Waals surface area contributed by atoms with E-state index in [2.05, 4.69) is 161 Å². The lowest BCUT2D eigenvalue weighted by Gasteiger charge is -2.17. The van der Waals surface area contributed by atoms with E-state index in [4.69, 9.17) is 9.97 Å². The van der Waals surface area contributed by atoms with Gasteiger partial charge in [-0.1, -0.05) is 109 Å². The molecule has 0 saturated carbocycles. The predicted octanol–water partition coefficient (Wildman–Crippen LogP) is 11.0. The first-order valence-electron chi connectivity index (χ1n) is 16.6. The Kier molecular flexibility index (Phi) is 5.97. The molecule has 4 heteroatoms. The van der Waals surface area contributed by atoms with Crippen LogP contribution in [0, 0.1) is 0 Å². The van der Waals surface area contributed by atoms with E-state index >= 15 is 0 Å². The van der Waals surface area contributed by atoms with Gasteiger partial charge < -0.3 is 9.13 Å². The van der Waals surface area contributed by atoms with Crippen LogP contribution in [0.2, 0.25) is 0 Å². The van der Waals surface area contributed by atoms with Crippen LogP contribution in [0.3, 0.4) is 0 Å². The largest absolute Gasteiger partial charge is 0.309 e. The molecule has 9 aromatic rings. The fourth-order valence-electron chi connectivity index (χ4n) is 7.73. The summed E-state index contributed by atoms with van der Waals surface area (Å²) in [5.41, 5.74) is 13.5. The lowest BCUT2D eigenvalue weighted by molar-refractivity contribution is 0.940. The third-order valence-electron chi connectivity index (χ3n) is 9.82. The van der Waals surface area contributed by atoms with Crippen molar-refractivity contribution >= 4 is 49.7 Å². The van der Waals surface area contributed by atoms with Gasteiger partial charge in [-0.2, -0.15) is 0 Å². The van der Waals surface area contributed by atoms with Gasteiger partial charge in [0, 0.05) is 44.4 Å². The normalized spacial score (nSPS) is 12.8. The van der Waals surface area contributed by atoms with Crippen LogP contribution < -0.4 is 0 Å². The van der Waals surface area contributed by atoms with Gasteiger partial charge >= 0.3 is 0 Å². The zero-order valence-electron chi connectivity index (χ0n) is 26.2. The second-order valence-corrected chi connectivity index (χ2v) is 12.5. The minimum atomic E-state index is 0.949. The number of para-hydroxylation sites is 2. The lowest BCUT2D eigenvalue weighted by atomic mass is 10.00. The fourth-order valence-corrected chi connectivity index (χ4v) is 7.73. The number of fused-ring (bicyclic) bond motifs is 8. The van der Waals surface area contributed by atoms with E-state index < -0.39 is 0 Å². The zero-order chi connectivity index (χ0) is 31.6. The van der Waals surface area contributed by atoms with E-state index in [1.165, 1.54) is 54.9 Å². The van der Waals surface area contributed by atoms with Gasteiger partial charge in [-0.05, 0) is 55.3 Å². The molecule has 0 spiro atoms. The van der Waals surface area contributed by atoms with Gasteiger partial charge in [-0.25, -0.2) is 4.98 Å². The average molecular weight is 615 g/mol. The molecule has 1 aliphatic carbocycles. The summed E-state index contributed by atoms with van der Waals surface area (Å²) in [5, 5.41) is 4.98. The molecule has 0 radical (unpaired) electrons. The first-order chi connectivity index (χ1) is 23.8. The minimum Gasteiger partial charge on any atom is -0.309 e. The zero-order valence-corrected chi connectivity index (χ0v) is 26.2. The quantitative estimate of drug-likeness (QED) is 0.198. The summed E-state index contributed by atoms with van der Waals surface area (Å²) in [7, 11) is 0. The van der Waals surface area contributed by atoms with Crippen LogP contribution in [0.4, 0.5) is 0 Å². The average Bonchev–Trinajstić information content (AvgIpc) is 3.68. The van der Waals surface area contributed by atoms with Gasteiger partial charge in [0.25, 0.3) is 0 Å². The SMILES string of the molecule is C1=Cc2nccc(-n3c4ccccc4c4ccc5c(c6ccccc6n5-c5cc(-c6ccccc6)nc(-c6ccccc6)c5)c43)c2CC1. The number of hydrogen-bond acceptors (Lipinski definition) is 2. The summed E-state index contributed by atoms with van der Waals surface area (Å²) < 4.78 is 4.93. The maximum Gasteiger partial charge on any atom is 0.0730 e. The molecule has 226 valence electrons. The van der Waals surface area contributed by atoms with Gasteiger partial charge in [0.15, 0.2) is 0 Å². The third-order valence-corrected chi connectivity index (χ3v) is 9.82. The van der Waals surface area contributed by atoms with Crippen molar-refractivity contribution in [3.63, 3.8) is 0 Å². The van der Waals surface area contributed by atoms with Crippen molar-refractivity contribution in [3.05, 3.63) is 163 Å². The molecule has 0 fully saturated rings. The molecule has 4 nitrogen and oxygen atoms in total. The molecular weight excluding hydrogens is 585 g/mol. The van der Waals surface area contributed by atoms with Crippen molar-refractivity contribution in [3.8, 4) is 33.9 Å². The Hall–Kier alpha value is -6.26. The van der Waals surface area contributed by atoms with Crippen LogP contribution in [0.25, 0.3) is 83.6 Å². The van der Waals surface area contributed by atoms with Crippen LogP contribution in [0.15, 0.2) is 152 Å². The summed E-state index contributed by atoms with van der Waals surface area (Å²) in [6.45, 7) is 0. The second-order valence-electron chi connectivity index (χ2n) is 12.5. The highest BCUT2D eigenvalue weighted by Crippen LogP contribution is 2.43. The van der Waals surface area contributed by atoms with Gasteiger partial charge in [-0.3, -0.25) is 4.98 Å². The van der Waals surface area contributed by atoms with E-state index in [1.807, 2.05) is 6.20 Å². The summed E-state index contributed by atoms with van der Waals surface area (Å²) in [6.07, 6.45) is 8.37. The fraction of sp³-hybridized carbons (Fsp3) is 0.0455. The molecule has 48 heavy (non-hydrogen) atoms. The van der Waals surface area contributed by atoms with Gasteiger partial charge in [0.2, 0.25) is 0 Å². The van der Waals surface area contributed by atoms with Crippen molar-refractivity contribution in [2.24, 2.45) is 0 Å². The lowest BCUT2D eigenvalue weighted by Crippen LogP contribution is -2.05. The van der Waals surface area contributed by atoms with E-state index in [0.29, 0.717) is 0 Å². The minimum absolute atomic E-state index is 0.949. The number of rotatable bonds is 4. The van der Waals surface area contributed by atoms with E-state index in [1.54, 1.807) is 0 Å². The van der Waals surface area contributed by atoms with Crippen molar-refractivity contribution in [2.75, 3.05) is 0 Å². The first-order valence-corrected chi connectivity index (χ1v) is 16.6. The maximum absolute atomic E-state index is 5.19. The monoisotopic (exact) mass is 614 g/mol. The van der Waals surface area contributed by atoms with E-state index in [-0.39, 0.29) is 0 Å². The molecule has 1 aliphatic rings. The Morgan fingerprint density at radius 3 is 1.92 bits per heavy atom. The Morgan fingerprint density at radius 2 is 1.19 bits per heavy atom. The van der Waals surface area contributed by atoms with Crippen molar-refractivity contribution in [1.82, 2.24) is 19.1 Å². The van der Waals surface area contributed by atoms with Crippen LogP contribution in [0.1, 0.15) is 17.7 Å². The highest BCUT2D eigenvalue weighted by molar-refractivity contribution is 6.26. The van der Waals surface area contributed by atoms with Crippen LogP contribution >= 0.6 is 0 Å². The van der Waals surface area contributed by atoms with E-state index in [9.17, 15) is 0 Å². The molecule has 0 N–H and O–H groups in total. The smallest absolute Gasteiger partial charge is 0.0730 e. The first kappa shape index (κ1) is 26.9. The molecule has 0 saturated heterocycles. The molecule has 5 aromatic carbocycles. The van der Waals surface area contributed by atoms with Crippen LogP contribution in [-0.4, -0.2) is 19.1 Å². The van der Waals surface area contributed by atoms with Crippen LogP contribution in [-0.2, 0) is 6.42 Å². The molecule has 4 aromatic heterocycles. The molecule has 0 unspecified atom stereocenters. The van der Waals surface area contributed by atoms with Gasteiger partial charge in [-0.15, -0.1) is 0 Å². The molecule has 0 atom stereocenters. The molecule has 0 bridgehead atoms. The summed E-state index contributed by atoms with van der Waals surface area (Å²) in [5.74, 6) is 0. The Bertz CT molecular complexity index is 2660. The summed E-state index contributed by atoms with van der Waals surface area (Å²) >= 11 is 0. The highest BCUT2D eigenvalue weighted by atomic mass is 15.0. The van der Waals surface area contributed by atoms with Crippen molar-refractivity contribution in [1.29, 1.82) is 0 Å². The molecule has 10 rings (SSSR count). The number of hydrogen-bond donors (Lipinski definition) is 0. The third kappa shape index (κ3) is 4.02. The van der Waals surface area contributed by atoms with Gasteiger partial charge in [0.1, 0.15) is 0 Å². The molecule has 0 amide bonds. The van der Waals surface area contributed by atoms with Crippen molar-refractivity contribution in [2.45, 2.75) is 12.8 Å². The number of aromatic nitrogens is 4. The van der Waals surface area contributed by atoms with E-state index in [0.717, 1.165) is 46.7 Å². The topological polar surface area (TPSA) is 35.6 Å². The number of benzene rings is 5.